The molecule has 3 heterocycles. The molecule has 0 radical (unpaired) electrons. The highest BCUT2D eigenvalue weighted by atomic mass is 19.1. The summed E-state index contributed by atoms with van der Waals surface area (Å²) in [5.41, 5.74) is 2.20. The van der Waals surface area contributed by atoms with Gasteiger partial charge in [0, 0.05) is 13.2 Å². The van der Waals surface area contributed by atoms with Gasteiger partial charge in [-0.15, -0.1) is 10.2 Å². The van der Waals surface area contributed by atoms with Crippen LogP contribution >= 0.6 is 0 Å². The molecule has 0 fully saturated rings. The first-order chi connectivity index (χ1) is 12.7. The molecule has 26 heavy (non-hydrogen) atoms. The van der Waals surface area contributed by atoms with E-state index < -0.39 is 0 Å². The molecular weight excluding hydrogens is 339 g/mol. The summed E-state index contributed by atoms with van der Waals surface area (Å²) in [5.74, 6) is 0.133. The molecule has 0 unspecified atom stereocenters. The predicted molar refractivity (Wildman–Crippen MR) is 88.4 cm³/mol. The van der Waals surface area contributed by atoms with Crippen LogP contribution in [-0.4, -0.2) is 30.2 Å². The summed E-state index contributed by atoms with van der Waals surface area (Å²) in [4.78, 5) is 4.24. The van der Waals surface area contributed by atoms with Crippen LogP contribution in [0.4, 0.5) is 4.39 Å². The van der Waals surface area contributed by atoms with Crippen LogP contribution in [0.2, 0.25) is 0 Å². The Morgan fingerprint density at radius 3 is 2.77 bits per heavy atom. The maximum absolute atomic E-state index is 13.0. The minimum absolute atomic E-state index is 0.109. The molecule has 0 aliphatic carbocycles. The van der Waals surface area contributed by atoms with Crippen molar-refractivity contribution in [3.05, 3.63) is 65.2 Å². The largest absolute Gasteiger partial charge is 0.419 e. The molecule has 3 aromatic heterocycles. The lowest BCUT2D eigenvalue weighted by molar-refractivity contribution is 0.302. The molecule has 0 bridgehead atoms. The number of halogens is 1. The van der Waals surface area contributed by atoms with Crippen LogP contribution in [-0.2, 0) is 13.5 Å². The van der Waals surface area contributed by atoms with Gasteiger partial charge in [0.15, 0.2) is 11.1 Å². The Hall–Kier alpha value is -3.62. The lowest BCUT2D eigenvalue weighted by Crippen LogP contribution is -2.17. The summed E-state index contributed by atoms with van der Waals surface area (Å²) in [6.07, 6.45) is 1.94. The summed E-state index contributed by atoms with van der Waals surface area (Å²) < 4.78 is 20.3. The van der Waals surface area contributed by atoms with Gasteiger partial charge in [0.05, 0.1) is 11.9 Å². The third-order valence-electron chi connectivity index (χ3n) is 3.87. The SMILES string of the molecule is Cn1nc(-c2nnc(Cc3ccc(F)cc3)o2)c(=NO)c2ncccc21. The van der Waals surface area contributed by atoms with Crippen molar-refractivity contribution in [2.24, 2.45) is 12.2 Å². The van der Waals surface area contributed by atoms with E-state index in [2.05, 4.69) is 25.4 Å². The van der Waals surface area contributed by atoms with Gasteiger partial charge in [-0.05, 0) is 29.8 Å². The zero-order chi connectivity index (χ0) is 18.1. The van der Waals surface area contributed by atoms with Crippen LogP contribution in [0.3, 0.4) is 0 Å². The third kappa shape index (κ3) is 2.79. The average molecular weight is 352 g/mol. The van der Waals surface area contributed by atoms with Crippen LogP contribution < -0.4 is 5.36 Å². The first-order valence-corrected chi connectivity index (χ1v) is 7.73. The van der Waals surface area contributed by atoms with Crippen molar-refractivity contribution >= 4 is 11.0 Å². The summed E-state index contributed by atoms with van der Waals surface area (Å²) in [5, 5.41) is 25.2. The number of aryl methyl sites for hydroxylation is 1. The van der Waals surface area contributed by atoms with Crippen LogP contribution in [0.5, 0.6) is 0 Å². The van der Waals surface area contributed by atoms with Crippen molar-refractivity contribution in [3.8, 4) is 11.6 Å². The zero-order valence-electron chi connectivity index (χ0n) is 13.7. The second kappa shape index (κ2) is 6.36. The van der Waals surface area contributed by atoms with Gasteiger partial charge in [-0.25, -0.2) is 4.39 Å². The molecule has 4 rings (SSSR count). The molecule has 0 amide bonds. The molecule has 1 N–H and O–H groups in total. The third-order valence-corrected chi connectivity index (χ3v) is 3.87. The minimum atomic E-state index is -0.311. The monoisotopic (exact) mass is 352 g/mol. The fraction of sp³-hybridized carbons (Fsp3) is 0.118. The summed E-state index contributed by atoms with van der Waals surface area (Å²) in [7, 11) is 1.74. The van der Waals surface area contributed by atoms with Gasteiger partial charge >= 0.3 is 0 Å². The molecule has 0 aliphatic rings. The van der Waals surface area contributed by atoms with Gasteiger partial charge in [0.25, 0.3) is 5.89 Å². The lowest BCUT2D eigenvalue weighted by Gasteiger charge is -2.05. The van der Waals surface area contributed by atoms with E-state index in [1.807, 2.05) is 6.07 Å². The maximum Gasteiger partial charge on any atom is 0.270 e. The zero-order valence-corrected chi connectivity index (χ0v) is 13.7. The number of nitrogens with zero attached hydrogens (tertiary/aromatic N) is 6. The molecule has 1 aromatic carbocycles. The summed E-state index contributed by atoms with van der Waals surface area (Å²) in [6.45, 7) is 0. The number of fused-ring (bicyclic) bond motifs is 1. The Kier molecular flexibility index (Phi) is 3.88. The molecule has 0 spiro atoms. The summed E-state index contributed by atoms with van der Waals surface area (Å²) in [6, 6.07) is 9.59. The van der Waals surface area contributed by atoms with Crippen molar-refractivity contribution in [3.63, 3.8) is 0 Å². The molecule has 8 nitrogen and oxygen atoms in total. The molecule has 4 aromatic rings. The molecule has 0 aliphatic heterocycles. The second-order valence-corrected chi connectivity index (χ2v) is 5.60. The van der Waals surface area contributed by atoms with Crippen molar-refractivity contribution < 1.29 is 14.0 Å². The minimum Gasteiger partial charge on any atom is -0.419 e. The van der Waals surface area contributed by atoms with Crippen molar-refractivity contribution in [2.75, 3.05) is 0 Å². The smallest absolute Gasteiger partial charge is 0.270 e. The highest BCUT2D eigenvalue weighted by Crippen LogP contribution is 2.17. The number of benzene rings is 1. The van der Waals surface area contributed by atoms with Crippen molar-refractivity contribution in [2.45, 2.75) is 6.42 Å². The Morgan fingerprint density at radius 2 is 2.00 bits per heavy atom. The van der Waals surface area contributed by atoms with Crippen molar-refractivity contribution in [1.29, 1.82) is 0 Å². The maximum atomic E-state index is 13.0. The van der Waals surface area contributed by atoms with E-state index in [1.165, 1.54) is 12.1 Å². The fourth-order valence-corrected chi connectivity index (χ4v) is 2.64. The van der Waals surface area contributed by atoms with E-state index in [9.17, 15) is 9.60 Å². The normalized spacial score (nSPS) is 12.0. The van der Waals surface area contributed by atoms with Crippen LogP contribution in [0.1, 0.15) is 11.5 Å². The second-order valence-electron chi connectivity index (χ2n) is 5.60. The number of pyridine rings is 1. The highest BCUT2D eigenvalue weighted by Gasteiger charge is 2.17. The quantitative estimate of drug-likeness (QED) is 0.447. The van der Waals surface area contributed by atoms with Crippen LogP contribution in [0.15, 0.2) is 52.2 Å². The standard InChI is InChI=1S/C17H13FN6O2/c1-24-12-3-2-8-19-14(12)15(23-25)16(22-24)17-21-20-13(26-17)9-10-4-6-11(18)7-5-10/h2-8,25H,9H2,1H3. The molecular formula is C17H13FN6O2. The van der Waals surface area contributed by atoms with E-state index in [0.29, 0.717) is 23.3 Å². The Labute approximate surface area is 146 Å². The van der Waals surface area contributed by atoms with E-state index in [1.54, 1.807) is 36.1 Å². The molecule has 0 atom stereocenters. The Bertz CT molecular complexity index is 1150. The fourth-order valence-electron chi connectivity index (χ4n) is 2.64. The predicted octanol–water partition coefficient (Wildman–Crippen LogP) is 2.04. The summed E-state index contributed by atoms with van der Waals surface area (Å²) >= 11 is 0. The van der Waals surface area contributed by atoms with E-state index >= 15 is 0 Å². The first kappa shape index (κ1) is 15.9. The highest BCUT2D eigenvalue weighted by molar-refractivity contribution is 5.76. The van der Waals surface area contributed by atoms with Gasteiger partial charge in [-0.3, -0.25) is 9.67 Å². The van der Waals surface area contributed by atoms with Crippen molar-refractivity contribution in [1.82, 2.24) is 25.0 Å². The molecule has 0 saturated carbocycles. The first-order valence-electron chi connectivity index (χ1n) is 7.73. The number of aromatic nitrogens is 5. The molecule has 130 valence electrons. The number of rotatable bonds is 3. The van der Waals surface area contributed by atoms with E-state index in [0.717, 1.165) is 5.56 Å². The van der Waals surface area contributed by atoms with Gasteiger partial charge in [0.2, 0.25) is 5.89 Å². The number of hydrogen-bond acceptors (Lipinski definition) is 7. The molecule has 0 saturated heterocycles. The van der Waals surface area contributed by atoms with Gasteiger partial charge in [-0.2, -0.15) is 5.10 Å². The van der Waals surface area contributed by atoms with Gasteiger partial charge in [-0.1, -0.05) is 17.3 Å². The van der Waals surface area contributed by atoms with Crippen LogP contribution in [0.25, 0.3) is 22.6 Å². The van der Waals surface area contributed by atoms with E-state index in [4.69, 9.17) is 4.42 Å². The number of hydrogen-bond donors (Lipinski definition) is 1. The molecule has 9 heteroatoms. The lowest BCUT2D eigenvalue weighted by atomic mass is 10.1. The van der Waals surface area contributed by atoms with Crippen LogP contribution in [0, 0.1) is 5.82 Å². The average Bonchev–Trinajstić information content (AvgIpc) is 3.12. The topological polar surface area (TPSA) is 102 Å². The van der Waals surface area contributed by atoms with Gasteiger partial charge in [0.1, 0.15) is 11.3 Å². The Balaban J connectivity index is 1.77. The Morgan fingerprint density at radius 1 is 1.19 bits per heavy atom. The van der Waals surface area contributed by atoms with E-state index in [-0.39, 0.29) is 22.8 Å². The van der Waals surface area contributed by atoms with Gasteiger partial charge < -0.3 is 9.62 Å².